The molecule has 0 unspecified atom stereocenters. The maximum atomic E-state index is 15.5. The molecule has 0 spiro atoms. The molecule has 0 fully saturated rings. The van der Waals surface area contributed by atoms with Crippen molar-refractivity contribution in [1.82, 2.24) is 20.2 Å². The molecule has 0 aliphatic rings. The molecule has 0 saturated carbocycles. The molecule has 0 aliphatic heterocycles. The quantitative estimate of drug-likeness (QED) is 0.236. The minimum atomic E-state index is -4.44. The van der Waals surface area contributed by atoms with Gasteiger partial charge in [-0.15, -0.1) is 0 Å². The molecule has 6 aromatic rings. The van der Waals surface area contributed by atoms with Gasteiger partial charge in [0.15, 0.2) is 5.82 Å². The number of anilines is 1. The van der Waals surface area contributed by atoms with Gasteiger partial charge in [0.05, 0.1) is 27.9 Å². The van der Waals surface area contributed by atoms with Crippen molar-refractivity contribution in [3.8, 4) is 11.1 Å². The van der Waals surface area contributed by atoms with Crippen LogP contribution < -0.4 is 4.72 Å². The van der Waals surface area contributed by atoms with E-state index in [0.717, 1.165) is 46.8 Å². The number of benzene rings is 3. The van der Waals surface area contributed by atoms with Crippen LogP contribution in [0.15, 0.2) is 84.1 Å². The second kappa shape index (κ2) is 9.10. The SMILES string of the molecule is O=C(c1c(F)ccc(NS(=O)(=O)c2cccc(F)c2)c1F)c1c[nH]c2ncc(-c3cccc4[nH]ncc34)cc12. The zero-order valence-electron chi connectivity index (χ0n) is 19.7. The number of carbonyl (C=O) groups is 1. The molecule has 12 heteroatoms. The van der Waals surface area contributed by atoms with E-state index >= 15 is 4.39 Å². The fraction of sp³-hybridized carbons (Fsp3) is 0. The van der Waals surface area contributed by atoms with Gasteiger partial charge in [0, 0.05) is 34.3 Å². The van der Waals surface area contributed by atoms with E-state index in [-0.39, 0.29) is 5.56 Å². The Hall–Kier alpha value is -4.97. The van der Waals surface area contributed by atoms with Crippen molar-refractivity contribution in [1.29, 1.82) is 0 Å². The largest absolute Gasteiger partial charge is 0.345 e. The number of sulfonamides is 1. The normalized spacial score (nSPS) is 11.8. The van der Waals surface area contributed by atoms with Crippen molar-refractivity contribution in [3.05, 3.63) is 108 Å². The molecule has 0 saturated heterocycles. The van der Waals surface area contributed by atoms with Crippen LogP contribution in [0.5, 0.6) is 0 Å². The number of rotatable bonds is 6. The zero-order valence-corrected chi connectivity index (χ0v) is 20.5. The Bertz CT molecular complexity index is 2040. The zero-order chi connectivity index (χ0) is 27.3. The molecule has 0 aliphatic carbocycles. The van der Waals surface area contributed by atoms with Crippen LogP contribution >= 0.6 is 0 Å². The number of hydrogen-bond donors (Lipinski definition) is 3. The molecule has 3 aromatic carbocycles. The van der Waals surface area contributed by atoms with Gasteiger partial charge in [-0.3, -0.25) is 14.6 Å². The molecule has 8 nitrogen and oxygen atoms in total. The van der Waals surface area contributed by atoms with Crippen molar-refractivity contribution >= 4 is 43.4 Å². The number of hydrogen-bond acceptors (Lipinski definition) is 5. The van der Waals surface area contributed by atoms with Gasteiger partial charge in [-0.25, -0.2) is 26.6 Å². The number of carbonyl (C=O) groups excluding carboxylic acids is 1. The van der Waals surface area contributed by atoms with Crippen LogP contribution in [-0.2, 0) is 10.0 Å². The Morgan fingerprint density at radius 3 is 2.56 bits per heavy atom. The lowest BCUT2D eigenvalue weighted by Crippen LogP contribution is -2.16. The van der Waals surface area contributed by atoms with E-state index in [4.69, 9.17) is 0 Å². The second-order valence-corrected chi connectivity index (χ2v) is 10.3. The smallest absolute Gasteiger partial charge is 0.262 e. The van der Waals surface area contributed by atoms with Gasteiger partial charge in [-0.1, -0.05) is 18.2 Å². The number of pyridine rings is 1. The summed E-state index contributed by atoms with van der Waals surface area (Å²) in [6.07, 6.45) is 4.53. The van der Waals surface area contributed by atoms with Gasteiger partial charge in [0.1, 0.15) is 17.3 Å². The van der Waals surface area contributed by atoms with Crippen LogP contribution in [0.1, 0.15) is 15.9 Å². The van der Waals surface area contributed by atoms with Gasteiger partial charge < -0.3 is 4.98 Å². The Kier molecular flexibility index (Phi) is 5.69. The van der Waals surface area contributed by atoms with Gasteiger partial charge in [0.2, 0.25) is 5.78 Å². The number of ketones is 1. The maximum absolute atomic E-state index is 15.5. The van der Waals surface area contributed by atoms with Crippen molar-refractivity contribution in [3.63, 3.8) is 0 Å². The van der Waals surface area contributed by atoms with Crippen molar-refractivity contribution < 1.29 is 26.4 Å². The van der Waals surface area contributed by atoms with Crippen LogP contribution in [0.4, 0.5) is 18.9 Å². The maximum Gasteiger partial charge on any atom is 0.262 e. The van der Waals surface area contributed by atoms with E-state index in [1.165, 1.54) is 12.3 Å². The first-order chi connectivity index (χ1) is 18.7. The molecule has 3 heterocycles. The highest BCUT2D eigenvalue weighted by molar-refractivity contribution is 7.92. The van der Waals surface area contributed by atoms with E-state index in [1.54, 1.807) is 18.5 Å². The van der Waals surface area contributed by atoms with Gasteiger partial charge in [-0.05, 0) is 48.0 Å². The predicted molar refractivity (Wildman–Crippen MR) is 138 cm³/mol. The summed E-state index contributed by atoms with van der Waals surface area (Å²) in [5.74, 6) is -4.44. The number of halogens is 3. The van der Waals surface area contributed by atoms with Crippen LogP contribution in [-0.4, -0.2) is 34.4 Å². The highest BCUT2D eigenvalue weighted by Gasteiger charge is 2.27. The highest BCUT2D eigenvalue weighted by atomic mass is 32.2. The van der Waals surface area contributed by atoms with E-state index < -0.39 is 49.4 Å². The molecule has 6 rings (SSSR count). The van der Waals surface area contributed by atoms with Gasteiger partial charge >= 0.3 is 0 Å². The summed E-state index contributed by atoms with van der Waals surface area (Å²) < 4.78 is 71.2. The number of aromatic nitrogens is 4. The standard InChI is InChI=1S/C27H16F3N5O3S/c28-15-3-1-4-16(10-15)39(37,38)35-23-8-7-21(29)24(25(23)30)26(36)20-12-32-27-18(20)9-14(11-31-27)17-5-2-6-22-19(17)13-33-34-22/h1-13,35H,(H,31,32)(H,33,34). The molecule has 3 aromatic heterocycles. The van der Waals surface area contributed by atoms with Crippen LogP contribution in [0.2, 0.25) is 0 Å². The van der Waals surface area contributed by atoms with Gasteiger partial charge in [0.25, 0.3) is 10.0 Å². The molecule has 0 bridgehead atoms. The average Bonchev–Trinajstić information content (AvgIpc) is 3.57. The first kappa shape index (κ1) is 24.4. The molecule has 194 valence electrons. The minimum Gasteiger partial charge on any atom is -0.345 e. The fourth-order valence-electron chi connectivity index (χ4n) is 4.37. The van der Waals surface area contributed by atoms with Crippen LogP contribution in [0, 0.1) is 17.5 Å². The number of nitrogens with one attached hydrogen (secondary N) is 3. The predicted octanol–water partition coefficient (Wildman–Crippen LogP) is 5.56. The molecule has 0 radical (unpaired) electrons. The topological polar surface area (TPSA) is 121 Å². The van der Waals surface area contributed by atoms with Crippen molar-refractivity contribution in [2.75, 3.05) is 4.72 Å². The summed E-state index contributed by atoms with van der Waals surface area (Å²) in [5.41, 5.74) is 0.820. The summed E-state index contributed by atoms with van der Waals surface area (Å²) in [4.78, 5) is 20.1. The molecule has 0 amide bonds. The first-order valence-electron chi connectivity index (χ1n) is 11.4. The van der Waals surface area contributed by atoms with E-state index in [2.05, 4.69) is 20.2 Å². The Balaban J connectivity index is 1.41. The second-order valence-electron chi connectivity index (χ2n) is 8.64. The van der Waals surface area contributed by atoms with Crippen LogP contribution in [0.3, 0.4) is 0 Å². The van der Waals surface area contributed by atoms with E-state index in [1.807, 2.05) is 22.9 Å². The Morgan fingerprint density at radius 2 is 1.74 bits per heavy atom. The van der Waals surface area contributed by atoms with Gasteiger partial charge in [-0.2, -0.15) is 5.10 Å². The molecule has 39 heavy (non-hydrogen) atoms. The third-order valence-electron chi connectivity index (χ3n) is 6.24. The number of aromatic amines is 2. The lowest BCUT2D eigenvalue weighted by atomic mass is 9.99. The van der Waals surface area contributed by atoms with E-state index in [0.29, 0.717) is 16.6 Å². The van der Waals surface area contributed by atoms with E-state index in [9.17, 15) is 22.0 Å². The third-order valence-corrected chi connectivity index (χ3v) is 7.60. The van der Waals surface area contributed by atoms with Crippen LogP contribution in [0.25, 0.3) is 33.1 Å². The van der Waals surface area contributed by atoms with Crippen molar-refractivity contribution in [2.45, 2.75) is 4.90 Å². The minimum absolute atomic E-state index is 0.0679. The van der Waals surface area contributed by atoms with Crippen molar-refractivity contribution in [2.24, 2.45) is 0 Å². The summed E-state index contributed by atoms with van der Waals surface area (Å²) in [5, 5.41) is 8.05. The number of H-pyrrole nitrogens is 2. The lowest BCUT2D eigenvalue weighted by molar-refractivity contribution is 0.103. The summed E-state index contributed by atoms with van der Waals surface area (Å²) in [6, 6.07) is 12.9. The lowest BCUT2D eigenvalue weighted by Gasteiger charge is -2.12. The summed E-state index contributed by atoms with van der Waals surface area (Å²) in [6.45, 7) is 0. The Labute approximate surface area is 218 Å². The number of fused-ring (bicyclic) bond motifs is 2. The molecular formula is C27H16F3N5O3S. The molecule has 0 atom stereocenters. The first-order valence-corrected chi connectivity index (χ1v) is 12.9. The third kappa shape index (κ3) is 4.20. The Morgan fingerprint density at radius 1 is 0.923 bits per heavy atom. The average molecular weight is 548 g/mol. The monoisotopic (exact) mass is 547 g/mol. The number of nitrogens with zero attached hydrogens (tertiary/aromatic N) is 2. The highest BCUT2D eigenvalue weighted by Crippen LogP contribution is 2.32. The summed E-state index contributed by atoms with van der Waals surface area (Å²) in [7, 11) is -4.44. The fourth-order valence-corrected chi connectivity index (χ4v) is 5.46. The summed E-state index contributed by atoms with van der Waals surface area (Å²) >= 11 is 0. The molecule has 3 N–H and O–H groups in total. The molecular weight excluding hydrogens is 531 g/mol.